The molecule has 0 saturated carbocycles. The summed E-state index contributed by atoms with van der Waals surface area (Å²) in [4.78, 5) is 13.2. The number of aromatic nitrogens is 4. The fourth-order valence-electron chi connectivity index (χ4n) is 3.08. The van der Waals surface area contributed by atoms with Gasteiger partial charge in [-0.2, -0.15) is 0 Å². The van der Waals surface area contributed by atoms with Crippen LogP contribution in [0.3, 0.4) is 0 Å². The van der Waals surface area contributed by atoms with Gasteiger partial charge in [-0.15, -0.1) is 0 Å². The fraction of sp³-hybridized carbons (Fsp3) is 0.150. The molecule has 2 aromatic heterocycles. The first-order valence-electron chi connectivity index (χ1n) is 8.34. The minimum absolute atomic E-state index is 0.132. The van der Waals surface area contributed by atoms with Crippen LogP contribution in [0.15, 0.2) is 67.3 Å². The Morgan fingerprint density at radius 1 is 0.962 bits per heavy atom. The van der Waals surface area contributed by atoms with E-state index >= 15 is 0 Å². The number of rotatable bonds is 5. The second kappa shape index (κ2) is 6.84. The number of nitrogens with zero attached hydrogens (tertiary/aromatic N) is 4. The second-order valence-corrected chi connectivity index (χ2v) is 5.98. The van der Waals surface area contributed by atoms with E-state index in [4.69, 9.17) is 4.74 Å². The van der Waals surface area contributed by atoms with Crippen molar-refractivity contribution in [2.24, 2.45) is 7.05 Å². The predicted molar refractivity (Wildman–Crippen MR) is 101 cm³/mol. The lowest BCUT2D eigenvalue weighted by atomic mass is 9.97. The van der Waals surface area contributed by atoms with Gasteiger partial charge in [-0.1, -0.05) is 48.5 Å². The molecule has 0 aliphatic rings. The standard InChI is InChI=1S/C20H19N5O/c1-25-13-23-18-19(21-12-22-20(18)25)24-17(14-8-4-3-5-9-14)15-10-6-7-11-16(15)26-2/h3-13,17H,1-2H3,(H,21,22,24). The van der Waals surface area contributed by atoms with Gasteiger partial charge in [-0.05, 0) is 11.6 Å². The maximum Gasteiger partial charge on any atom is 0.165 e. The van der Waals surface area contributed by atoms with Gasteiger partial charge in [0.25, 0.3) is 0 Å². The summed E-state index contributed by atoms with van der Waals surface area (Å²) in [5, 5.41) is 3.54. The van der Waals surface area contributed by atoms with Crippen LogP contribution in [0.2, 0.25) is 0 Å². The molecule has 26 heavy (non-hydrogen) atoms. The molecule has 130 valence electrons. The van der Waals surface area contributed by atoms with Gasteiger partial charge in [-0.3, -0.25) is 0 Å². The quantitative estimate of drug-likeness (QED) is 0.599. The average Bonchev–Trinajstić information content (AvgIpc) is 3.08. The zero-order chi connectivity index (χ0) is 17.9. The third-order valence-electron chi connectivity index (χ3n) is 4.36. The summed E-state index contributed by atoms with van der Waals surface area (Å²) in [5.41, 5.74) is 3.67. The lowest BCUT2D eigenvalue weighted by molar-refractivity contribution is 0.408. The molecule has 4 rings (SSSR count). The van der Waals surface area contributed by atoms with E-state index in [1.54, 1.807) is 19.8 Å². The molecule has 6 heteroatoms. The fourth-order valence-corrected chi connectivity index (χ4v) is 3.08. The van der Waals surface area contributed by atoms with Gasteiger partial charge in [0.05, 0.1) is 19.5 Å². The van der Waals surface area contributed by atoms with Crippen molar-refractivity contribution in [3.05, 3.63) is 78.4 Å². The molecular formula is C20H19N5O. The van der Waals surface area contributed by atoms with E-state index in [1.807, 2.05) is 48.0 Å². The van der Waals surface area contributed by atoms with Gasteiger partial charge >= 0.3 is 0 Å². The Kier molecular flexibility index (Phi) is 4.23. The number of anilines is 1. The molecule has 0 fully saturated rings. The summed E-state index contributed by atoms with van der Waals surface area (Å²) < 4.78 is 7.46. The average molecular weight is 345 g/mol. The molecule has 6 nitrogen and oxygen atoms in total. The summed E-state index contributed by atoms with van der Waals surface area (Å²) in [6, 6.07) is 18.1. The van der Waals surface area contributed by atoms with E-state index in [1.165, 1.54) is 0 Å². The number of hydrogen-bond donors (Lipinski definition) is 1. The molecule has 2 heterocycles. The third kappa shape index (κ3) is 2.86. The molecule has 0 spiro atoms. The van der Waals surface area contributed by atoms with E-state index in [9.17, 15) is 0 Å². The molecule has 1 atom stereocenters. The highest BCUT2D eigenvalue weighted by atomic mass is 16.5. The maximum absolute atomic E-state index is 5.58. The Hall–Kier alpha value is -3.41. The molecule has 0 amide bonds. The molecule has 2 aromatic carbocycles. The zero-order valence-corrected chi connectivity index (χ0v) is 14.6. The summed E-state index contributed by atoms with van der Waals surface area (Å²) in [6.07, 6.45) is 3.29. The number of fused-ring (bicyclic) bond motifs is 1. The molecule has 0 bridgehead atoms. The first-order valence-corrected chi connectivity index (χ1v) is 8.34. The minimum Gasteiger partial charge on any atom is -0.496 e. The maximum atomic E-state index is 5.58. The molecule has 0 radical (unpaired) electrons. The predicted octanol–water partition coefficient (Wildman–Crippen LogP) is 3.57. The highest BCUT2D eigenvalue weighted by Crippen LogP contribution is 2.33. The van der Waals surface area contributed by atoms with Crippen molar-refractivity contribution in [1.82, 2.24) is 19.5 Å². The molecule has 0 aliphatic heterocycles. The largest absolute Gasteiger partial charge is 0.496 e. The second-order valence-electron chi connectivity index (χ2n) is 5.98. The number of hydrogen-bond acceptors (Lipinski definition) is 5. The van der Waals surface area contributed by atoms with Gasteiger partial charge < -0.3 is 14.6 Å². The van der Waals surface area contributed by atoms with E-state index in [2.05, 4.69) is 38.5 Å². The van der Waals surface area contributed by atoms with Gasteiger partial charge in [0, 0.05) is 12.6 Å². The molecule has 1 N–H and O–H groups in total. The number of methoxy groups -OCH3 is 1. The minimum atomic E-state index is -0.132. The number of benzene rings is 2. The first-order chi connectivity index (χ1) is 12.8. The zero-order valence-electron chi connectivity index (χ0n) is 14.6. The van der Waals surface area contributed by atoms with Crippen LogP contribution in [0.5, 0.6) is 5.75 Å². The van der Waals surface area contributed by atoms with Crippen molar-refractivity contribution in [2.75, 3.05) is 12.4 Å². The van der Waals surface area contributed by atoms with Gasteiger partial charge in [0.1, 0.15) is 17.6 Å². The normalized spacial score (nSPS) is 12.1. The van der Waals surface area contributed by atoms with Crippen molar-refractivity contribution in [1.29, 1.82) is 0 Å². The lowest BCUT2D eigenvalue weighted by Gasteiger charge is -2.22. The molecular weight excluding hydrogens is 326 g/mol. The van der Waals surface area contributed by atoms with Gasteiger partial charge in [0.15, 0.2) is 11.5 Å². The highest BCUT2D eigenvalue weighted by molar-refractivity contribution is 5.83. The highest BCUT2D eigenvalue weighted by Gasteiger charge is 2.20. The van der Waals surface area contributed by atoms with E-state index < -0.39 is 0 Å². The van der Waals surface area contributed by atoms with E-state index in [0.717, 1.165) is 28.0 Å². The van der Waals surface area contributed by atoms with Crippen LogP contribution in [-0.4, -0.2) is 26.6 Å². The van der Waals surface area contributed by atoms with E-state index in [-0.39, 0.29) is 6.04 Å². The van der Waals surface area contributed by atoms with Gasteiger partial charge in [0.2, 0.25) is 0 Å². The van der Waals surface area contributed by atoms with Crippen LogP contribution < -0.4 is 10.1 Å². The Bertz CT molecular complexity index is 1030. The topological polar surface area (TPSA) is 64.9 Å². The third-order valence-corrected chi connectivity index (χ3v) is 4.36. The first kappa shape index (κ1) is 16.1. The molecule has 0 aliphatic carbocycles. The Morgan fingerprint density at radius 2 is 1.73 bits per heavy atom. The SMILES string of the molecule is COc1ccccc1C(Nc1ncnc2c1ncn2C)c1ccccc1. The van der Waals surface area contributed by atoms with Crippen molar-refractivity contribution in [2.45, 2.75) is 6.04 Å². The number of ether oxygens (including phenoxy) is 1. The van der Waals surface area contributed by atoms with Crippen molar-refractivity contribution in [3.63, 3.8) is 0 Å². The van der Waals surface area contributed by atoms with Crippen LogP contribution in [0, 0.1) is 0 Å². The summed E-state index contributed by atoms with van der Waals surface area (Å²) in [5.74, 6) is 1.51. The molecule has 4 aromatic rings. The number of aryl methyl sites for hydroxylation is 1. The Labute approximate surface area is 151 Å². The lowest BCUT2D eigenvalue weighted by Crippen LogP contribution is -2.15. The molecule has 1 unspecified atom stereocenters. The number of nitrogens with one attached hydrogen (secondary N) is 1. The van der Waals surface area contributed by atoms with Crippen LogP contribution in [0.25, 0.3) is 11.2 Å². The number of imidazole rings is 1. The Balaban J connectivity index is 1.83. The van der Waals surface area contributed by atoms with Crippen LogP contribution in [-0.2, 0) is 7.05 Å². The smallest absolute Gasteiger partial charge is 0.165 e. The van der Waals surface area contributed by atoms with E-state index in [0.29, 0.717) is 5.82 Å². The van der Waals surface area contributed by atoms with Crippen molar-refractivity contribution < 1.29 is 4.74 Å². The van der Waals surface area contributed by atoms with Crippen LogP contribution in [0.1, 0.15) is 17.2 Å². The van der Waals surface area contributed by atoms with Crippen molar-refractivity contribution in [3.8, 4) is 5.75 Å². The summed E-state index contributed by atoms with van der Waals surface area (Å²) in [6.45, 7) is 0. The monoisotopic (exact) mass is 345 g/mol. The van der Waals surface area contributed by atoms with Crippen LogP contribution in [0.4, 0.5) is 5.82 Å². The number of para-hydroxylation sites is 1. The summed E-state index contributed by atoms with van der Waals surface area (Å²) >= 11 is 0. The Morgan fingerprint density at radius 3 is 2.54 bits per heavy atom. The summed E-state index contributed by atoms with van der Waals surface area (Å²) in [7, 11) is 3.60. The molecule has 0 saturated heterocycles. The van der Waals surface area contributed by atoms with Crippen molar-refractivity contribution >= 4 is 17.0 Å². The van der Waals surface area contributed by atoms with Crippen LogP contribution >= 0.6 is 0 Å². The van der Waals surface area contributed by atoms with Gasteiger partial charge in [-0.25, -0.2) is 15.0 Å².